The lowest BCUT2D eigenvalue weighted by Gasteiger charge is -2.11. The van der Waals surface area contributed by atoms with E-state index in [-0.39, 0.29) is 17.2 Å². The topological polar surface area (TPSA) is 60.7 Å². The molecule has 88 valence electrons. The minimum atomic E-state index is -0.159. The highest BCUT2D eigenvalue weighted by Crippen LogP contribution is 2.38. The van der Waals surface area contributed by atoms with Crippen molar-refractivity contribution in [1.29, 1.82) is 0 Å². The van der Waals surface area contributed by atoms with Gasteiger partial charge in [0, 0.05) is 5.56 Å². The molecule has 3 heteroatoms. The first-order valence-electron chi connectivity index (χ1n) is 5.46. The summed E-state index contributed by atoms with van der Waals surface area (Å²) in [5.41, 5.74) is 2.27. The summed E-state index contributed by atoms with van der Waals surface area (Å²) in [6.07, 6.45) is 0.782. The molecule has 2 rings (SSSR count). The summed E-state index contributed by atoms with van der Waals surface area (Å²) in [6, 6.07) is 9.81. The minimum absolute atomic E-state index is 0.139. The molecule has 2 aromatic rings. The summed E-state index contributed by atoms with van der Waals surface area (Å²) < 4.78 is 0. The van der Waals surface area contributed by atoms with Crippen LogP contribution in [0.4, 0.5) is 0 Å². The van der Waals surface area contributed by atoms with Gasteiger partial charge in [0.15, 0.2) is 11.5 Å². The van der Waals surface area contributed by atoms with Gasteiger partial charge < -0.3 is 15.3 Å². The van der Waals surface area contributed by atoms with Crippen molar-refractivity contribution in [2.75, 3.05) is 0 Å². The quantitative estimate of drug-likeness (QED) is 0.695. The van der Waals surface area contributed by atoms with E-state index in [1.54, 1.807) is 24.3 Å². The van der Waals surface area contributed by atoms with Crippen molar-refractivity contribution in [2.24, 2.45) is 0 Å². The van der Waals surface area contributed by atoms with Gasteiger partial charge in [-0.15, -0.1) is 0 Å². The van der Waals surface area contributed by atoms with Gasteiger partial charge in [0.25, 0.3) is 0 Å². The van der Waals surface area contributed by atoms with Crippen LogP contribution in [0.5, 0.6) is 17.2 Å². The Morgan fingerprint density at radius 3 is 2.41 bits per heavy atom. The monoisotopic (exact) mass is 230 g/mol. The van der Waals surface area contributed by atoms with Gasteiger partial charge in [-0.2, -0.15) is 0 Å². The number of phenols is 3. The lowest BCUT2D eigenvalue weighted by Crippen LogP contribution is -1.88. The highest BCUT2D eigenvalue weighted by atomic mass is 16.3. The molecule has 0 unspecified atom stereocenters. The molecule has 0 atom stereocenters. The molecular weight excluding hydrogens is 216 g/mol. The van der Waals surface area contributed by atoms with Crippen LogP contribution < -0.4 is 0 Å². The third kappa shape index (κ3) is 2.04. The summed E-state index contributed by atoms with van der Waals surface area (Å²) in [5.74, 6) is -0.180. The van der Waals surface area contributed by atoms with Crippen molar-refractivity contribution in [2.45, 2.75) is 13.3 Å². The summed E-state index contributed by atoms with van der Waals surface area (Å²) >= 11 is 0. The van der Waals surface area contributed by atoms with Gasteiger partial charge in [0.2, 0.25) is 0 Å². The molecule has 0 radical (unpaired) electrons. The first-order valence-corrected chi connectivity index (χ1v) is 5.46. The lowest BCUT2D eigenvalue weighted by atomic mass is 9.97. The Kier molecular flexibility index (Phi) is 2.91. The van der Waals surface area contributed by atoms with Gasteiger partial charge in [0.1, 0.15) is 5.75 Å². The summed E-state index contributed by atoms with van der Waals surface area (Å²) in [6.45, 7) is 2.00. The summed E-state index contributed by atoms with van der Waals surface area (Å²) in [4.78, 5) is 0. The fourth-order valence-electron chi connectivity index (χ4n) is 1.87. The molecule has 0 aromatic heterocycles. The van der Waals surface area contributed by atoms with E-state index in [0.717, 1.165) is 17.5 Å². The molecule has 2 aromatic carbocycles. The fourth-order valence-corrected chi connectivity index (χ4v) is 1.87. The Balaban J connectivity index is 2.67. The molecular formula is C14H14O3. The maximum absolute atomic E-state index is 9.83. The predicted octanol–water partition coefficient (Wildman–Crippen LogP) is 3.03. The van der Waals surface area contributed by atoms with Crippen LogP contribution in [-0.2, 0) is 6.42 Å². The van der Waals surface area contributed by atoms with Crippen LogP contribution in [0.15, 0.2) is 36.4 Å². The molecule has 0 spiro atoms. The van der Waals surface area contributed by atoms with Crippen LogP contribution in [0.3, 0.4) is 0 Å². The highest BCUT2D eigenvalue weighted by molar-refractivity contribution is 5.76. The van der Waals surface area contributed by atoms with E-state index >= 15 is 0 Å². The zero-order chi connectivity index (χ0) is 12.4. The van der Waals surface area contributed by atoms with Gasteiger partial charge in [-0.25, -0.2) is 0 Å². The Morgan fingerprint density at radius 1 is 0.941 bits per heavy atom. The number of benzene rings is 2. The number of hydrogen-bond donors (Lipinski definition) is 3. The molecule has 0 saturated carbocycles. The molecule has 3 nitrogen and oxygen atoms in total. The van der Waals surface area contributed by atoms with Crippen molar-refractivity contribution in [1.82, 2.24) is 0 Å². The number of phenolic OH excluding ortho intramolecular Hbond substituents is 3. The third-order valence-electron chi connectivity index (χ3n) is 2.78. The van der Waals surface area contributed by atoms with Gasteiger partial charge in [-0.1, -0.05) is 25.1 Å². The average molecular weight is 230 g/mol. The average Bonchev–Trinajstić information content (AvgIpc) is 2.33. The molecule has 0 fully saturated rings. The van der Waals surface area contributed by atoms with Gasteiger partial charge >= 0.3 is 0 Å². The number of hydrogen-bond acceptors (Lipinski definition) is 3. The Morgan fingerprint density at radius 2 is 1.71 bits per heavy atom. The molecule has 0 saturated heterocycles. The Bertz CT molecular complexity index is 547. The van der Waals surface area contributed by atoms with E-state index in [4.69, 9.17) is 0 Å². The van der Waals surface area contributed by atoms with E-state index in [0.29, 0.717) is 5.56 Å². The summed E-state index contributed by atoms with van der Waals surface area (Å²) in [5, 5.41) is 28.8. The Hall–Kier alpha value is -2.16. The van der Waals surface area contributed by atoms with Crippen molar-refractivity contribution in [3.05, 3.63) is 42.0 Å². The fraction of sp³-hybridized carbons (Fsp3) is 0.143. The smallest absolute Gasteiger partial charge is 0.165 e. The van der Waals surface area contributed by atoms with E-state index in [1.165, 1.54) is 6.07 Å². The first kappa shape index (κ1) is 11.3. The number of aromatic hydroxyl groups is 3. The zero-order valence-corrected chi connectivity index (χ0v) is 9.51. The van der Waals surface area contributed by atoms with Crippen molar-refractivity contribution in [3.8, 4) is 28.4 Å². The van der Waals surface area contributed by atoms with Gasteiger partial charge in [-0.3, -0.25) is 0 Å². The summed E-state index contributed by atoms with van der Waals surface area (Å²) in [7, 11) is 0. The number of rotatable bonds is 2. The minimum Gasteiger partial charge on any atom is -0.508 e. The van der Waals surface area contributed by atoms with Crippen LogP contribution in [0, 0.1) is 0 Å². The number of para-hydroxylation sites is 1. The van der Waals surface area contributed by atoms with Gasteiger partial charge in [-0.05, 0) is 35.7 Å². The normalized spacial score (nSPS) is 10.4. The zero-order valence-electron chi connectivity index (χ0n) is 9.51. The molecule has 0 bridgehead atoms. The molecule has 0 amide bonds. The first-order chi connectivity index (χ1) is 8.13. The van der Waals surface area contributed by atoms with Crippen LogP contribution in [0.1, 0.15) is 12.5 Å². The van der Waals surface area contributed by atoms with E-state index in [2.05, 4.69) is 0 Å². The van der Waals surface area contributed by atoms with E-state index < -0.39 is 0 Å². The predicted molar refractivity (Wildman–Crippen MR) is 66.3 cm³/mol. The van der Waals surface area contributed by atoms with Gasteiger partial charge in [0.05, 0.1) is 0 Å². The standard InChI is InChI=1S/C14H14O3/c1-2-9-6-7-10(15)8-12(9)11-4-3-5-13(16)14(11)17/h3-8,15-17H,2H2,1H3. The second-order valence-electron chi connectivity index (χ2n) is 3.87. The van der Waals surface area contributed by atoms with Crippen LogP contribution in [0.25, 0.3) is 11.1 Å². The van der Waals surface area contributed by atoms with Crippen molar-refractivity contribution in [3.63, 3.8) is 0 Å². The van der Waals surface area contributed by atoms with Crippen molar-refractivity contribution < 1.29 is 15.3 Å². The van der Waals surface area contributed by atoms with Crippen LogP contribution in [-0.4, -0.2) is 15.3 Å². The number of aryl methyl sites for hydroxylation is 1. The lowest BCUT2D eigenvalue weighted by molar-refractivity contribution is 0.405. The highest BCUT2D eigenvalue weighted by Gasteiger charge is 2.11. The maximum Gasteiger partial charge on any atom is 0.165 e. The molecule has 0 aliphatic rings. The largest absolute Gasteiger partial charge is 0.508 e. The molecule has 0 aliphatic carbocycles. The Labute approximate surface area is 99.6 Å². The SMILES string of the molecule is CCc1ccc(O)cc1-c1cccc(O)c1O. The molecule has 0 heterocycles. The van der Waals surface area contributed by atoms with Crippen LogP contribution in [0.2, 0.25) is 0 Å². The third-order valence-corrected chi connectivity index (χ3v) is 2.78. The van der Waals surface area contributed by atoms with Crippen LogP contribution >= 0.6 is 0 Å². The molecule has 0 aliphatic heterocycles. The molecule has 17 heavy (non-hydrogen) atoms. The van der Waals surface area contributed by atoms with E-state index in [9.17, 15) is 15.3 Å². The second-order valence-corrected chi connectivity index (χ2v) is 3.87. The second kappa shape index (κ2) is 4.37. The van der Waals surface area contributed by atoms with Crippen molar-refractivity contribution >= 4 is 0 Å². The van der Waals surface area contributed by atoms with E-state index in [1.807, 2.05) is 13.0 Å². The molecule has 3 N–H and O–H groups in total. The maximum atomic E-state index is 9.83.